The van der Waals surface area contributed by atoms with E-state index in [4.69, 9.17) is 4.74 Å². The minimum atomic E-state index is -1.14. The average molecular weight is 312 g/mol. The summed E-state index contributed by atoms with van der Waals surface area (Å²) in [5.41, 5.74) is 1.12. The lowest BCUT2D eigenvalue weighted by atomic mass is 9.93. The molecule has 0 spiro atoms. The highest BCUT2D eigenvalue weighted by Gasteiger charge is 2.24. The van der Waals surface area contributed by atoms with Gasteiger partial charge in [0.25, 0.3) is 0 Å². The molecule has 2 aromatic rings. The molecule has 120 valence electrons. The van der Waals surface area contributed by atoms with Gasteiger partial charge in [0.15, 0.2) is 0 Å². The predicted octanol–water partition coefficient (Wildman–Crippen LogP) is 4.12. The molecule has 0 aliphatic heterocycles. The molecule has 23 heavy (non-hydrogen) atoms. The first-order valence-electron chi connectivity index (χ1n) is 7.62. The molecule has 0 amide bonds. The predicted molar refractivity (Wildman–Crippen MR) is 87.8 cm³/mol. The van der Waals surface area contributed by atoms with Crippen molar-refractivity contribution in [2.75, 3.05) is 0 Å². The van der Waals surface area contributed by atoms with Gasteiger partial charge in [-0.1, -0.05) is 56.3 Å². The van der Waals surface area contributed by atoms with Crippen LogP contribution >= 0.6 is 0 Å². The first-order valence-corrected chi connectivity index (χ1v) is 7.62. The third kappa shape index (κ3) is 3.97. The van der Waals surface area contributed by atoms with Crippen LogP contribution in [-0.2, 0) is 4.74 Å². The summed E-state index contributed by atoms with van der Waals surface area (Å²) in [6.45, 7) is 3.94. The van der Waals surface area contributed by atoms with E-state index >= 15 is 0 Å². The highest BCUT2D eigenvalue weighted by molar-refractivity contribution is 6.02. The molecule has 0 saturated heterocycles. The molecule has 4 heteroatoms. The molecule has 4 nitrogen and oxygen atoms in total. The molecule has 1 N–H and O–H groups in total. The Morgan fingerprint density at radius 3 is 2.13 bits per heavy atom. The molecule has 0 radical (unpaired) electrons. The number of benzene rings is 2. The minimum Gasteiger partial charge on any atom is -0.478 e. The van der Waals surface area contributed by atoms with Gasteiger partial charge in [0.05, 0.1) is 11.1 Å². The highest BCUT2D eigenvalue weighted by Crippen LogP contribution is 2.25. The van der Waals surface area contributed by atoms with Crippen LogP contribution in [0.1, 0.15) is 52.5 Å². The van der Waals surface area contributed by atoms with E-state index < -0.39 is 11.9 Å². The summed E-state index contributed by atoms with van der Waals surface area (Å²) in [5, 5.41) is 9.19. The van der Waals surface area contributed by atoms with E-state index in [0.29, 0.717) is 6.42 Å². The largest absolute Gasteiger partial charge is 0.478 e. The van der Waals surface area contributed by atoms with Crippen molar-refractivity contribution >= 4 is 11.9 Å². The molecule has 0 unspecified atom stereocenters. The van der Waals surface area contributed by atoms with Gasteiger partial charge in [0, 0.05) is 5.92 Å². The molecule has 2 atom stereocenters. The van der Waals surface area contributed by atoms with Gasteiger partial charge in [-0.15, -0.1) is 0 Å². The Kier molecular flexibility index (Phi) is 5.52. The zero-order chi connectivity index (χ0) is 16.8. The quantitative estimate of drug-likeness (QED) is 0.815. The Balaban J connectivity index is 2.19. The lowest BCUT2D eigenvalue weighted by Gasteiger charge is -2.23. The van der Waals surface area contributed by atoms with Gasteiger partial charge in [0.1, 0.15) is 6.10 Å². The van der Waals surface area contributed by atoms with Crippen LogP contribution in [-0.4, -0.2) is 23.1 Å². The minimum absolute atomic E-state index is 0.0298. The molecule has 2 rings (SSSR count). The number of carbonyl (C=O) groups is 2. The summed E-state index contributed by atoms with van der Waals surface area (Å²) in [4.78, 5) is 23.6. The Bertz CT molecular complexity index is 679. The van der Waals surface area contributed by atoms with Crippen molar-refractivity contribution in [3.8, 4) is 0 Å². The number of ether oxygens (including phenoxy) is 1. The first-order chi connectivity index (χ1) is 11.0. The fraction of sp³-hybridized carbons (Fsp3) is 0.263. The van der Waals surface area contributed by atoms with Gasteiger partial charge in [-0.3, -0.25) is 0 Å². The number of hydrogen-bond donors (Lipinski definition) is 1. The molecular weight excluding hydrogens is 292 g/mol. The lowest BCUT2D eigenvalue weighted by molar-refractivity contribution is 0.0232. The topological polar surface area (TPSA) is 63.6 Å². The van der Waals surface area contributed by atoms with E-state index in [1.807, 2.05) is 44.2 Å². The number of aromatic carboxylic acids is 1. The number of hydrogen-bond acceptors (Lipinski definition) is 3. The van der Waals surface area contributed by atoms with E-state index in [1.54, 1.807) is 12.1 Å². The number of carboxylic acids is 1. The Morgan fingerprint density at radius 1 is 1.00 bits per heavy atom. The van der Waals surface area contributed by atoms with Crippen LogP contribution in [0.15, 0.2) is 54.6 Å². The lowest BCUT2D eigenvalue weighted by Crippen LogP contribution is -2.24. The second-order valence-corrected chi connectivity index (χ2v) is 5.40. The van der Waals surface area contributed by atoms with Gasteiger partial charge >= 0.3 is 11.9 Å². The molecule has 0 heterocycles. The zero-order valence-corrected chi connectivity index (χ0v) is 13.2. The standard InChI is InChI=1S/C19H20O4/c1-3-17(13(2)14-9-5-4-6-10-14)23-19(22)16-12-8-7-11-15(16)18(20)21/h4-13,17H,3H2,1-2H3,(H,20,21)/t13-,17-/m0/s1. The second-order valence-electron chi connectivity index (χ2n) is 5.40. The van der Waals surface area contributed by atoms with Gasteiger partial charge in [-0.2, -0.15) is 0 Å². The maximum Gasteiger partial charge on any atom is 0.339 e. The highest BCUT2D eigenvalue weighted by atomic mass is 16.5. The number of carbonyl (C=O) groups excluding carboxylic acids is 1. The summed E-state index contributed by atoms with van der Waals surface area (Å²) < 4.78 is 5.59. The number of rotatable bonds is 6. The number of carboxylic acid groups (broad SMARTS) is 1. The average Bonchev–Trinajstić information content (AvgIpc) is 2.59. The molecule has 0 aromatic heterocycles. The van der Waals surface area contributed by atoms with Crippen LogP contribution in [0, 0.1) is 0 Å². The molecule has 0 fully saturated rings. The molecule has 0 aliphatic carbocycles. The summed E-state index contributed by atoms with van der Waals surface area (Å²) in [5.74, 6) is -1.71. The van der Waals surface area contributed by atoms with Crippen LogP contribution in [0.5, 0.6) is 0 Å². The Hall–Kier alpha value is -2.62. The number of esters is 1. The normalized spacial score (nSPS) is 13.1. The van der Waals surface area contributed by atoms with Gasteiger partial charge in [0.2, 0.25) is 0 Å². The summed E-state index contributed by atoms with van der Waals surface area (Å²) >= 11 is 0. The van der Waals surface area contributed by atoms with Crippen molar-refractivity contribution in [3.05, 3.63) is 71.3 Å². The van der Waals surface area contributed by atoms with Crippen LogP contribution < -0.4 is 0 Å². The summed E-state index contributed by atoms with van der Waals surface area (Å²) in [6, 6.07) is 15.9. The third-order valence-electron chi connectivity index (χ3n) is 3.92. The van der Waals surface area contributed by atoms with Crippen molar-refractivity contribution in [1.29, 1.82) is 0 Å². The molecule has 2 aromatic carbocycles. The molecule has 0 saturated carbocycles. The van der Waals surface area contributed by atoms with Crippen LogP contribution in [0.3, 0.4) is 0 Å². The van der Waals surface area contributed by atoms with Gasteiger partial charge < -0.3 is 9.84 Å². The van der Waals surface area contributed by atoms with Crippen molar-refractivity contribution in [3.63, 3.8) is 0 Å². The SMILES string of the molecule is CC[C@H](OC(=O)c1ccccc1C(=O)O)[C@@H](C)c1ccccc1. The van der Waals surface area contributed by atoms with Gasteiger partial charge in [-0.25, -0.2) is 9.59 Å². The summed E-state index contributed by atoms with van der Waals surface area (Å²) in [7, 11) is 0. The third-order valence-corrected chi connectivity index (χ3v) is 3.92. The van der Waals surface area contributed by atoms with Crippen LogP contribution in [0.25, 0.3) is 0 Å². The van der Waals surface area contributed by atoms with Crippen LogP contribution in [0.4, 0.5) is 0 Å². The van der Waals surface area contributed by atoms with E-state index in [0.717, 1.165) is 5.56 Å². The molecule has 0 bridgehead atoms. The van der Waals surface area contributed by atoms with E-state index in [2.05, 4.69) is 0 Å². The fourth-order valence-corrected chi connectivity index (χ4v) is 2.56. The molecule has 0 aliphatic rings. The monoisotopic (exact) mass is 312 g/mol. The Morgan fingerprint density at radius 2 is 1.57 bits per heavy atom. The van der Waals surface area contributed by atoms with Crippen LogP contribution in [0.2, 0.25) is 0 Å². The maximum absolute atomic E-state index is 12.4. The second kappa shape index (κ2) is 7.58. The van der Waals surface area contributed by atoms with Crippen molar-refractivity contribution < 1.29 is 19.4 Å². The van der Waals surface area contributed by atoms with Gasteiger partial charge in [-0.05, 0) is 24.1 Å². The van der Waals surface area contributed by atoms with Crippen molar-refractivity contribution in [1.82, 2.24) is 0 Å². The van der Waals surface area contributed by atoms with E-state index in [1.165, 1.54) is 12.1 Å². The van der Waals surface area contributed by atoms with Crippen molar-refractivity contribution in [2.45, 2.75) is 32.3 Å². The van der Waals surface area contributed by atoms with Crippen molar-refractivity contribution in [2.24, 2.45) is 0 Å². The van der Waals surface area contributed by atoms with E-state index in [9.17, 15) is 14.7 Å². The smallest absolute Gasteiger partial charge is 0.339 e. The molecular formula is C19H20O4. The fourth-order valence-electron chi connectivity index (χ4n) is 2.56. The maximum atomic E-state index is 12.4. The van der Waals surface area contributed by atoms with E-state index in [-0.39, 0.29) is 23.1 Å². The zero-order valence-electron chi connectivity index (χ0n) is 13.2. The first kappa shape index (κ1) is 16.7. The summed E-state index contributed by atoms with van der Waals surface area (Å²) in [6.07, 6.45) is 0.337. The Labute approximate surface area is 135 Å².